The Morgan fingerprint density at radius 1 is 1.06 bits per heavy atom. The number of nitrogens with zero attached hydrogens (tertiary/aromatic N) is 2. The largest absolute Gasteiger partial charge is 0.462 e. The molecule has 3 aromatic rings. The number of aromatic nitrogens is 2. The molecule has 10 heteroatoms. The molecule has 0 atom stereocenters. The highest BCUT2D eigenvalue weighted by Gasteiger charge is 2.19. The molecule has 1 aromatic heterocycles. The van der Waals surface area contributed by atoms with Crippen LogP contribution in [0.3, 0.4) is 0 Å². The second-order valence-corrected chi connectivity index (χ2v) is 10.5. The van der Waals surface area contributed by atoms with Crippen molar-refractivity contribution < 1.29 is 22.4 Å². The van der Waals surface area contributed by atoms with E-state index in [-0.39, 0.29) is 33.8 Å². The fourth-order valence-corrected chi connectivity index (χ4v) is 5.13. The molecule has 1 N–H and O–H groups in total. The van der Waals surface area contributed by atoms with Crippen molar-refractivity contribution in [3.63, 3.8) is 0 Å². The van der Waals surface area contributed by atoms with Gasteiger partial charge >= 0.3 is 5.97 Å². The number of sulfonamides is 1. The van der Waals surface area contributed by atoms with Crippen LogP contribution in [-0.2, 0) is 19.6 Å². The molecule has 1 fully saturated rings. The van der Waals surface area contributed by atoms with Crippen LogP contribution in [-0.4, -0.2) is 36.4 Å². The maximum atomic E-state index is 12.5. The van der Waals surface area contributed by atoms with Crippen LogP contribution in [0.1, 0.15) is 37.7 Å². The summed E-state index contributed by atoms with van der Waals surface area (Å²) in [4.78, 5) is 12.2. The normalized spacial score (nSPS) is 14.7. The number of benzene rings is 2. The molecule has 4 rings (SSSR count). The Morgan fingerprint density at radius 3 is 2.45 bits per heavy atom. The predicted octanol–water partition coefficient (Wildman–Crippen LogP) is 4.81. The molecule has 174 valence electrons. The van der Waals surface area contributed by atoms with E-state index in [1.807, 2.05) is 6.92 Å². The zero-order chi connectivity index (χ0) is 23.3. The van der Waals surface area contributed by atoms with Crippen LogP contribution in [0, 0.1) is 6.92 Å². The number of carbonyl (C=O) groups excluding carboxylic acids is 1. The maximum Gasteiger partial charge on any atom is 0.316 e. The number of hydrogen-bond acceptors (Lipinski definition) is 8. The van der Waals surface area contributed by atoms with Crippen molar-refractivity contribution in [2.24, 2.45) is 0 Å². The van der Waals surface area contributed by atoms with Crippen molar-refractivity contribution >= 4 is 33.4 Å². The molecular formula is C23H25N3O5S2. The lowest BCUT2D eigenvalue weighted by Gasteiger charge is -2.21. The van der Waals surface area contributed by atoms with E-state index in [0.717, 1.165) is 43.0 Å². The molecule has 0 saturated heterocycles. The van der Waals surface area contributed by atoms with E-state index in [0.29, 0.717) is 11.3 Å². The molecule has 0 aliphatic heterocycles. The smallest absolute Gasteiger partial charge is 0.316 e. The lowest BCUT2D eigenvalue weighted by Crippen LogP contribution is -2.21. The SMILES string of the molecule is Cc1ccc(S(=O)(=O)Nc2ccc(-c3nnc(SCC(=O)OC4CCCCC4)o3)cc2)cc1. The molecule has 2 aromatic carbocycles. The molecule has 0 radical (unpaired) electrons. The van der Waals surface area contributed by atoms with Gasteiger partial charge in [0.2, 0.25) is 5.89 Å². The number of carbonyl (C=O) groups is 1. The molecular weight excluding hydrogens is 462 g/mol. The molecule has 0 bridgehead atoms. The highest BCUT2D eigenvalue weighted by Crippen LogP contribution is 2.26. The summed E-state index contributed by atoms with van der Waals surface area (Å²) in [5.74, 6) is 0.112. The van der Waals surface area contributed by atoms with E-state index in [1.165, 1.54) is 6.42 Å². The van der Waals surface area contributed by atoms with Gasteiger partial charge in [-0.3, -0.25) is 9.52 Å². The maximum absolute atomic E-state index is 12.5. The zero-order valence-corrected chi connectivity index (χ0v) is 19.8. The van der Waals surface area contributed by atoms with Crippen molar-refractivity contribution in [1.29, 1.82) is 0 Å². The number of rotatable bonds is 8. The summed E-state index contributed by atoms with van der Waals surface area (Å²) in [6, 6.07) is 13.2. The first-order valence-electron chi connectivity index (χ1n) is 10.7. The second-order valence-electron chi connectivity index (χ2n) is 7.91. The third-order valence-corrected chi connectivity index (χ3v) is 7.47. The summed E-state index contributed by atoms with van der Waals surface area (Å²) in [5.41, 5.74) is 2.04. The van der Waals surface area contributed by atoms with Crippen LogP contribution in [0.4, 0.5) is 5.69 Å². The van der Waals surface area contributed by atoms with Gasteiger partial charge in [0.05, 0.1) is 4.90 Å². The number of nitrogens with one attached hydrogen (secondary N) is 1. The van der Waals surface area contributed by atoms with Crippen molar-refractivity contribution in [2.75, 3.05) is 10.5 Å². The van der Waals surface area contributed by atoms with E-state index in [2.05, 4.69) is 14.9 Å². The summed E-state index contributed by atoms with van der Waals surface area (Å²) >= 11 is 1.14. The number of esters is 1. The average molecular weight is 488 g/mol. The van der Waals surface area contributed by atoms with Crippen molar-refractivity contribution in [3.05, 3.63) is 54.1 Å². The highest BCUT2D eigenvalue weighted by atomic mass is 32.2. The predicted molar refractivity (Wildman–Crippen MR) is 125 cm³/mol. The summed E-state index contributed by atoms with van der Waals surface area (Å²) in [6.45, 7) is 1.90. The third-order valence-electron chi connectivity index (χ3n) is 5.29. The van der Waals surface area contributed by atoms with Gasteiger partial charge in [0, 0.05) is 11.3 Å². The first-order chi connectivity index (χ1) is 15.9. The van der Waals surface area contributed by atoms with Gasteiger partial charge in [0.1, 0.15) is 11.9 Å². The molecule has 1 heterocycles. The van der Waals surface area contributed by atoms with Gasteiger partial charge in [-0.1, -0.05) is 35.9 Å². The standard InChI is InChI=1S/C23H25N3O5S2/c1-16-7-13-20(14-8-16)33(28,29)26-18-11-9-17(10-12-18)22-24-25-23(31-22)32-15-21(27)30-19-5-3-2-4-6-19/h7-14,19,26H,2-6,15H2,1H3. The molecule has 33 heavy (non-hydrogen) atoms. The molecule has 0 amide bonds. The van der Waals surface area contributed by atoms with Gasteiger partial charge in [-0.05, 0) is 69.0 Å². The molecule has 0 spiro atoms. The van der Waals surface area contributed by atoms with E-state index in [1.54, 1.807) is 48.5 Å². The molecule has 0 unspecified atom stereocenters. The fraction of sp³-hybridized carbons (Fsp3) is 0.348. The molecule has 1 aliphatic rings. The number of anilines is 1. The Kier molecular flexibility index (Phi) is 7.34. The Balaban J connectivity index is 1.32. The van der Waals surface area contributed by atoms with Crippen molar-refractivity contribution in [2.45, 2.75) is 55.3 Å². The highest BCUT2D eigenvalue weighted by molar-refractivity contribution is 7.99. The monoisotopic (exact) mass is 487 g/mol. The minimum Gasteiger partial charge on any atom is -0.462 e. The van der Waals surface area contributed by atoms with Crippen LogP contribution in [0.5, 0.6) is 0 Å². The average Bonchev–Trinajstić information content (AvgIpc) is 3.28. The summed E-state index contributed by atoms with van der Waals surface area (Å²) in [5, 5.41) is 8.25. The number of thioether (sulfide) groups is 1. The zero-order valence-electron chi connectivity index (χ0n) is 18.2. The topological polar surface area (TPSA) is 111 Å². The lowest BCUT2D eigenvalue weighted by molar-refractivity contribution is -0.147. The molecule has 8 nitrogen and oxygen atoms in total. The first kappa shape index (κ1) is 23.3. The number of ether oxygens (including phenoxy) is 1. The number of hydrogen-bond donors (Lipinski definition) is 1. The third kappa shape index (κ3) is 6.35. The van der Waals surface area contributed by atoms with Gasteiger partial charge in [-0.2, -0.15) is 0 Å². The lowest BCUT2D eigenvalue weighted by atomic mass is 9.98. The van der Waals surface area contributed by atoms with Crippen LogP contribution < -0.4 is 4.72 Å². The Bertz CT molecular complexity index is 1190. The summed E-state index contributed by atoms with van der Waals surface area (Å²) in [6.07, 6.45) is 5.28. The van der Waals surface area contributed by atoms with Gasteiger partial charge in [0.25, 0.3) is 15.2 Å². The molecule has 1 aliphatic carbocycles. The van der Waals surface area contributed by atoms with Gasteiger partial charge in [0.15, 0.2) is 0 Å². The van der Waals surface area contributed by atoms with Crippen molar-refractivity contribution in [1.82, 2.24) is 10.2 Å². The van der Waals surface area contributed by atoms with Crippen LogP contribution in [0.15, 0.2) is 63.1 Å². The van der Waals surface area contributed by atoms with E-state index in [4.69, 9.17) is 9.15 Å². The first-order valence-corrected chi connectivity index (χ1v) is 13.2. The number of aryl methyl sites for hydroxylation is 1. The van der Waals surface area contributed by atoms with Crippen LogP contribution in [0.25, 0.3) is 11.5 Å². The van der Waals surface area contributed by atoms with Crippen LogP contribution in [0.2, 0.25) is 0 Å². The Morgan fingerprint density at radius 2 is 1.76 bits per heavy atom. The minimum atomic E-state index is -3.68. The van der Waals surface area contributed by atoms with E-state index >= 15 is 0 Å². The summed E-state index contributed by atoms with van der Waals surface area (Å²) < 4.78 is 38.7. The van der Waals surface area contributed by atoms with E-state index in [9.17, 15) is 13.2 Å². The fourth-order valence-electron chi connectivity index (χ4n) is 3.52. The summed E-state index contributed by atoms with van der Waals surface area (Å²) in [7, 11) is -3.68. The van der Waals surface area contributed by atoms with E-state index < -0.39 is 10.0 Å². The second kappa shape index (κ2) is 10.4. The molecule has 1 saturated carbocycles. The van der Waals surface area contributed by atoms with Crippen molar-refractivity contribution in [3.8, 4) is 11.5 Å². The quantitative estimate of drug-likeness (QED) is 0.356. The minimum absolute atomic E-state index is 0.0204. The Hall–Kier alpha value is -2.85. The van der Waals surface area contributed by atoms with Gasteiger partial charge in [-0.15, -0.1) is 10.2 Å². The van der Waals surface area contributed by atoms with Gasteiger partial charge in [-0.25, -0.2) is 8.42 Å². The Labute approximate surface area is 197 Å². The van der Waals surface area contributed by atoms with Crippen LogP contribution >= 0.6 is 11.8 Å². The van der Waals surface area contributed by atoms with Gasteiger partial charge < -0.3 is 9.15 Å².